The SMILES string of the molecule is CCC(C)NC(=O)C1C2CC3CC(C2)CC1C3. The average molecular weight is 235 g/mol. The normalized spacial score (nSPS) is 44.7. The van der Waals surface area contributed by atoms with Crippen LogP contribution >= 0.6 is 0 Å². The van der Waals surface area contributed by atoms with Crippen LogP contribution in [0.5, 0.6) is 0 Å². The summed E-state index contributed by atoms with van der Waals surface area (Å²) in [6.07, 6.45) is 7.86. The quantitative estimate of drug-likeness (QED) is 0.800. The summed E-state index contributed by atoms with van der Waals surface area (Å²) in [5, 5.41) is 3.22. The van der Waals surface area contributed by atoms with Crippen molar-refractivity contribution in [3.05, 3.63) is 0 Å². The maximum atomic E-state index is 12.4. The van der Waals surface area contributed by atoms with Gasteiger partial charge in [0.25, 0.3) is 0 Å². The molecule has 4 fully saturated rings. The van der Waals surface area contributed by atoms with Crippen LogP contribution in [0.2, 0.25) is 0 Å². The molecule has 0 aromatic heterocycles. The molecule has 4 bridgehead atoms. The molecule has 0 saturated heterocycles. The van der Waals surface area contributed by atoms with Crippen molar-refractivity contribution in [1.29, 1.82) is 0 Å². The van der Waals surface area contributed by atoms with E-state index in [1.54, 1.807) is 0 Å². The number of hydrogen-bond donors (Lipinski definition) is 1. The van der Waals surface area contributed by atoms with E-state index in [9.17, 15) is 4.79 Å². The fourth-order valence-electron chi connectivity index (χ4n) is 4.79. The molecule has 1 atom stereocenters. The van der Waals surface area contributed by atoms with Gasteiger partial charge in [0.2, 0.25) is 5.91 Å². The third kappa shape index (κ3) is 2.00. The average Bonchev–Trinajstić information content (AvgIpc) is 2.27. The Kier molecular flexibility index (Phi) is 2.92. The summed E-state index contributed by atoms with van der Waals surface area (Å²) in [6.45, 7) is 4.26. The van der Waals surface area contributed by atoms with E-state index in [0.29, 0.717) is 17.9 Å². The summed E-state index contributed by atoms with van der Waals surface area (Å²) in [7, 11) is 0. The first-order chi connectivity index (χ1) is 8.17. The second-order valence-electron chi connectivity index (χ2n) is 6.77. The van der Waals surface area contributed by atoms with Crippen LogP contribution in [0.1, 0.15) is 52.4 Å². The van der Waals surface area contributed by atoms with Gasteiger partial charge in [-0.15, -0.1) is 0 Å². The largest absolute Gasteiger partial charge is 0.353 e. The molecule has 0 aromatic rings. The van der Waals surface area contributed by atoms with Crippen LogP contribution in [0.15, 0.2) is 0 Å². The molecule has 4 saturated carbocycles. The van der Waals surface area contributed by atoms with Crippen molar-refractivity contribution in [1.82, 2.24) is 5.32 Å². The lowest BCUT2D eigenvalue weighted by Crippen LogP contribution is -2.52. The van der Waals surface area contributed by atoms with E-state index >= 15 is 0 Å². The van der Waals surface area contributed by atoms with Crippen LogP contribution in [0.25, 0.3) is 0 Å². The first-order valence-corrected chi connectivity index (χ1v) is 7.47. The third-order valence-corrected chi connectivity index (χ3v) is 5.53. The number of carbonyl (C=O) groups excluding carboxylic acids is 1. The summed E-state index contributed by atoms with van der Waals surface area (Å²) < 4.78 is 0. The molecule has 0 heterocycles. The molecule has 0 aliphatic heterocycles. The summed E-state index contributed by atoms with van der Waals surface area (Å²) >= 11 is 0. The van der Waals surface area contributed by atoms with Crippen LogP contribution in [-0.2, 0) is 4.79 Å². The van der Waals surface area contributed by atoms with E-state index in [1.807, 2.05) is 0 Å². The molecule has 1 unspecified atom stereocenters. The lowest BCUT2D eigenvalue weighted by atomic mass is 9.51. The molecule has 17 heavy (non-hydrogen) atoms. The predicted octanol–water partition coefficient (Wildman–Crippen LogP) is 2.97. The van der Waals surface area contributed by atoms with Crippen LogP contribution in [0.4, 0.5) is 0 Å². The van der Waals surface area contributed by atoms with E-state index in [4.69, 9.17) is 0 Å². The fourth-order valence-corrected chi connectivity index (χ4v) is 4.79. The van der Waals surface area contributed by atoms with Crippen molar-refractivity contribution in [3.63, 3.8) is 0 Å². The fraction of sp³-hybridized carbons (Fsp3) is 0.933. The van der Waals surface area contributed by atoms with Crippen molar-refractivity contribution in [3.8, 4) is 0 Å². The Hall–Kier alpha value is -0.530. The highest BCUT2D eigenvalue weighted by Crippen LogP contribution is 2.56. The topological polar surface area (TPSA) is 29.1 Å². The molecule has 0 radical (unpaired) electrons. The Morgan fingerprint density at radius 3 is 2.12 bits per heavy atom. The van der Waals surface area contributed by atoms with Crippen LogP contribution < -0.4 is 5.32 Å². The zero-order chi connectivity index (χ0) is 12.0. The van der Waals surface area contributed by atoms with Gasteiger partial charge in [-0.3, -0.25) is 4.79 Å². The molecule has 4 aliphatic carbocycles. The predicted molar refractivity (Wildman–Crippen MR) is 68.4 cm³/mol. The zero-order valence-corrected chi connectivity index (χ0v) is 11.1. The van der Waals surface area contributed by atoms with Crippen molar-refractivity contribution < 1.29 is 4.79 Å². The number of amides is 1. The lowest BCUT2D eigenvalue weighted by molar-refractivity contribution is -0.138. The Balaban J connectivity index is 1.69. The standard InChI is InChI=1S/C15H25NO/c1-3-9(2)16-15(17)14-12-5-10-4-11(7-12)8-13(14)6-10/h9-14H,3-8H2,1-2H3,(H,16,17). The van der Waals surface area contributed by atoms with E-state index in [1.165, 1.54) is 32.1 Å². The minimum absolute atomic E-state index is 0.347. The van der Waals surface area contributed by atoms with Crippen LogP contribution in [0, 0.1) is 29.6 Å². The first kappa shape index (κ1) is 11.6. The van der Waals surface area contributed by atoms with Gasteiger partial charge in [-0.25, -0.2) is 0 Å². The Labute approximate surface area is 105 Å². The van der Waals surface area contributed by atoms with Gasteiger partial charge >= 0.3 is 0 Å². The smallest absolute Gasteiger partial charge is 0.223 e. The van der Waals surface area contributed by atoms with Crippen molar-refractivity contribution in [2.75, 3.05) is 0 Å². The molecule has 1 amide bonds. The molecule has 1 N–H and O–H groups in total. The van der Waals surface area contributed by atoms with Crippen molar-refractivity contribution >= 4 is 5.91 Å². The van der Waals surface area contributed by atoms with Gasteiger partial charge < -0.3 is 5.32 Å². The molecule has 4 rings (SSSR count). The lowest BCUT2D eigenvalue weighted by Gasteiger charge is -2.53. The summed E-state index contributed by atoms with van der Waals surface area (Å²) in [4.78, 5) is 12.4. The van der Waals surface area contributed by atoms with Crippen LogP contribution in [-0.4, -0.2) is 11.9 Å². The van der Waals surface area contributed by atoms with Crippen molar-refractivity contribution in [2.45, 2.75) is 58.4 Å². The monoisotopic (exact) mass is 235 g/mol. The van der Waals surface area contributed by atoms with E-state index < -0.39 is 0 Å². The van der Waals surface area contributed by atoms with Gasteiger partial charge in [-0.2, -0.15) is 0 Å². The Morgan fingerprint density at radius 2 is 1.65 bits per heavy atom. The number of nitrogens with one attached hydrogen (secondary N) is 1. The maximum Gasteiger partial charge on any atom is 0.223 e. The number of rotatable bonds is 3. The highest BCUT2D eigenvalue weighted by molar-refractivity contribution is 5.80. The minimum Gasteiger partial charge on any atom is -0.353 e. The molecule has 2 nitrogen and oxygen atoms in total. The summed E-state index contributed by atoms with van der Waals surface area (Å²) in [5.74, 6) is 4.09. The van der Waals surface area contributed by atoms with E-state index in [0.717, 1.165) is 30.1 Å². The summed E-state index contributed by atoms with van der Waals surface area (Å²) in [5.41, 5.74) is 0. The zero-order valence-electron chi connectivity index (χ0n) is 11.1. The molecule has 96 valence electrons. The van der Waals surface area contributed by atoms with Gasteiger partial charge in [0.05, 0.1) is 0 Å². The third-order valence-electron chi connectivity index (χ3n) is 5.53. The minimum atomic E-state index is 0.347. The number of carbonyl (C=O) groups is 1. The van der Waals surface area contributed by atoms with Gasteiger partial charge in [-0.1, -0.05) is 6.92 Å². The highest BCUT2D eigenvalue weighted by atomic mass is 16.2. The molecule has 4 aliphatic rings. The Morgan fingerprint density at radius 1 is 1.12 bits per heavy atom. The first-order valence-electron chi connectivity index (χ1n) is 7.47. The van der Waals surface area contributed by atoms with Crippen molar-refractivity contribution in [2.24, 2.45) is 29.6 Å². The molecular formula is C15H25NO. The van der Waals surface area contributed by atoms with Gasteiger partial charge in [0, 0.05) is 12.0 Å². The van der Waals surface area contributed by atoms with E-state index in [-0.39, 0.29) is 0 Å². The summed E-state index contributed by atoms with van der Waals surface area (Å²) in [6, 6.07) is 0.347. The Bertz CT molecular complexity index is 284. The van der Waals surface area contributed by atoms with Gasteiger partial charge in [0.1, 0.15) is 0 Å². The molecular weight excluding hydrogens is 210 g/mol. The molecule has 2 heteroatoms. The van der Waals surface area contributed by atoms with Crippen LogP contribution in [0.3, 0.4) is 0 Å². The second-order valence-corrected chi connectivity index (χ2v) is 6.77. The molecule has 0 aromatic carbocycles. The number of hydrogen-bond acceptors (Lipinski definition) is 1. The van der Waals surface area contributed by atoms with Gasteiger partial charge in [-0.05, 0) is 69.1 Å². The molecule has 0 spiro atoms. The van der Waals surface area contributed by atoms with E-state index in [2.05, 4.69) is 19.2 Å². The highest BCUT2D eigenvalue weighted by Gasteiger charge is 2.50. The maximum absolute atomic E-state index is 12.4. The second kappa shape index (κ2) is 4.29. The van der Waals surface area contributed by atoms with Gasteiger partial charge in [0.15, 0.2) is 0 Å².